The summed E-state index contributed by atoms with van der Waals surface area (Å²) in [5, 5.41) is 4.80. The summed E-state index contributed by atoms with van der Waals surface area (Å²) < 4.78 is 6.42. The maximum atomic E-state index is 12.4. The van der Waals surface area contributed by atoms with E-state index in [1.807, 2.05) is 24.3 Å². The molecular formula is C16H17N5O3. The number of aromatic amines is 1. The van der Waals surface area contributed by atoms with E-state index in [-0.39, 0.29) is 11.7 Å². The summed E-state index contributed by atoms with van der Waals surface area (Å²) >= 11 is 0. The molecule has 3 rings (SSSR count). The third-order valence-electron chi connectivity index (χ3n) is 3.77. The number of hydrogen-bond donors (Lipinski definition) is 1. The van der Waals surface area contributed by atoms with E-state index in [1.54, 1.807) is 20.4 Å². The van der Waals surface area contributed by atoms with Crippen LogP contribution in [0.1, 0.15) is 16.2 Å². The Kier molecular flexibility index (Phi) is 4.03. The number of fused-ring (bicyclic) bond motifs is 1. The van der Waals surface area contributed by atoms with Gasteiger partial charge in [0.15, 0.2) is 0 Å². The minimum Gasteiger partial charge on any atom is -0.494 e. The second kappa shape index (κ2) is 6.15. The first-order valence-electron chi connectivity index (χ1n) is 7.30. The summed E-state index contributed by atoms with van der Waals surface area (Å²) in [5.41, 5.74) is 1.24. The van der Waals surface area contributed by atoms with Gasteiger partial charge in [0.25, 0.3) is 5.91 Å². The number of pyridine rings is 1. The molecule has 2 aromatic heterocycles. The molecule has 2 heterocycles. The average molecular weight is 327 g/mol. The number of carbonyl (C=O) groups excluding carboxylic acids is 1. The molecule has 8 nitrogen and oxygen atoms in total. The van der Waals surface area contributed by atoms with Crippen molar-refractivity contribution in [3.8, 4) is 5.75 Å². The highest BCUT2D eigenvalue weighted by atomic mass is 16.5. The molecule has 0 radical (unpaired) electrons. The largest absolute Gasteiger partial charge is 0.494 e. The van der Waals surface area contributed by atoms with Gasteiger partial charge < -0.3 is 9.64 Å². The Hall–Kier alpha value is -3.16. The number of nitrogens with zero attached hydrogens (tertiary/aromatic N) is 4. The molecule has 3 aromatic rings. The van der Waals surface area contributed by atoms with Crippen molar-refractivity contribution in [2.75, 3.05) is 14.2 Å². The molecule has 0 saturated heterocycles. The Balaban J connectivity index is 1.92. The smallest absolute Gasteiger partial charge is 0.343 e. The molecule has 124 valence electrons. The second-order valence-corrected chi connectivity index (χ2v) is 5.39. The van der Waals surface area contributed by atoms with Crippen LogP contribution >= 0.6 is 0 Å². The first-order valence-corrected chi connectivity index (χ1v) is 7.30. The number of aryl methyl sites for hydroxylation is 1. The van der Waals surface area contributed by atoms with Crippen molar-refractivity contribution in [2.45, 2.75) is 6.54 Å². The zero-order valence-corrected chi connectivity index (χ0v) is 13.6. The quantitative estimate of drug-likeness (QED) is 0.770. The monoisotopic (exact) mass is 327 g/mol. The van der Waals surface area contributed by atoms with Crippen molar-refractivity contribution in [1.82, 2.24) is 24.6 Å². The zero-order chi connectivity index (χ0) is 17.3. The molecule has 1 aromatic carbocycles. The van der Waals surface area contributed by atoms with Crippen LogP contribution in [0.2, 0.25) is 0 Å². The van der Waals surface area contributed by atoms with Crippen LogP contribution in [-0.4, -0.2) is 44.7 Å². The fourth-order valence-electron chi connectivity index (χ4n) is 2.52. The molecule has 1 amide bonds. The molecule has 1 N–H and O–H groups in total. The third kappa shape index (κ3) is 2.73. The molecule has 0 bridgehead atoms. The van der Waals surface area contributed by atoms with Crippen LogP contribution in [0.15, 0.2) is 35.3 Å². The van der Waals surface area contributed by atoms with Gasteiger partial charge in [-0.1, -0.05) is 12.1 Å². The van der Waals surface area contributed by atoms with Gasteiger partial charge in [0.1, 0.15) is 11.3 Å². The number of aromatic nitrogens is 4. The summed E-state index contributed by atoms with van der Waals surface area (Å²) in [6.07, 6.45) is 1.70. The van der Waals surface area contributed by atoms with E-state index in [9.17, 15) is 9.59 Å². The van der Waals surface area contributed by atoms with Gasteiger partial charge in [0.05, 0.1) is 7.11 Å². The maximum absolute atomic E-state index is 12.4. The maximum Gasteiger partial charge on any atom is 0.343 e. The van der Waals surface area contributed by atoms with Crippen molar-refractivity contribution in [3.05, 3.63) is 52.3 Å². The van der Waals surface area contributed by atoms with E-state index in [0.29, 0.717) is 12.3 Å². The molecule has 24 heavy (non-hydrogen) atoms. The number of rotatable bonds is 4. The van der Waals surface area contributed by atoms with Crippen LogP contribution in [0.5, 0.6) is 5.75 Å². The predicted octanol–water partition coefficient (Wildman–Crippen LogP) is 0.937. The molecule has 0 spiro atoms. The Morgan fingerprint density at radius 2 is 2.17 bits per heavy atom. The molecule has 0 aliphatic heterocycles. The minimum absolute atomic E-state index is 0.0148. The van der Waals surface area contributed by atoms with Gasteiger partial charge >= 0.3 is 5.69 Å². The fourth-order valence-corrected chi connectivity index (χ4v) is 2.52. The molecule has 0 aliphatic carbocycles. The van der Waals surface area contributed by atoms with Gasteiger partial charge in [0.2, 0.25) is 5.82 Å². The van der Waals surface area contributed by atoms with Gasteiger partial charge in [0, 0.05) is 32.2 Å². The van der Waals surface area contributed by atoms with E-state index < -0.39 is 5.69 Å². The number of hydrogen-bond acceptors (Lipinski definition) is 5. The Morgan fingerprint density at radius 1 is 1.38 bits per heavy atom. The molecule has 0 atom stereocenters. The molecular weight excluding hydrogens is 310 g/mol. The summed E-state index contributed by atoms with van der Waals surface area (Å²) in [6, 6.07) is 7.49. The summed E-state index contributed by atoms with van der Waals surface area (Å²) in [6.45, 7) is 0.351. The van der Waals surface area contributed by atoms with Gasteiger partial charge in [-0.3, -0.25) is 14.8 Å². The number of amides is 1. The number of benzene rings is 1. The summed E-state index contributed by atoms with van der Waals surface area (Å²) in [7, 11) is 4.73. The van der Waals surface area contributed by atoms with E-state index in [2.05, 4.69) is 15.1 Å². The number of methoxy groups -OCH3 is 1. The van der Waals surface area contributed by atoms with Crippen LogP contribution in [-0.2, 0) is 13.6 Å². The second-order valence-electron chi connectivity index (χ2n) is 5.39. The highest BCUT2D eigenvalue weighted by molar-refractivity contribution is 5.91. The van der Waals surface area contributed by atoms with E-state index >= 15 is 0 Å². The van der Waals surface area contributed by atoms with E-state index in [4.69, 9.17) is 4.74 Å². The zero-order valence-electron chi connectivity index (χ0n) is 13.6. The van der Waals surface area contributed by atoms with Crippen LogP contribution in [0.25, 0.3) is 10.9 Å². The lowest BCUT2D eigenvalue weighted by Gasteiger charge is -2.17. The molecule has 0 saturated carbocycles. The highest BCUT2D eigenvalue weighted by Crippen LogP contribution is 2.27. The number of nitrogens with one attached hydrogen (secondary N) is 1. The van der Waals surface area contributed by atoms with Crippen molar-refractivity contribution >= 4 is 16.8 Å². The molecule has 0 fully saturated rings. The van der Waals surface area contributed by atoms with Crippen LogP contribution in [0.4, 0.5) is 0 Å². The van der Waals surface area contributed by atoms with E-state index in [1.165, 1.54) is 11.9 Å². The number of carbonyl (C=O) groups is 1. The lowest BCUT2D eigenvalue weighted by molar-refractivity contribution is 0.0773. The van der Waals surface area contributed by atoms with E-state index in [0.717, 1.165) is 21.1 Å². The van der Waals surface area contributed by atoms with Crippen molar-refractivity contribution in [2.24, 2.45) is 7.05 Å². The average Bonchev–Trinajstić information content (AvgIpc) is 2.93. The van der Waals surface area contributed by atoms with Gasteiger partial charge in [-0.05, 0) is 17.7 Å². The third-order valence-corrected chi connectivity index (χ3v) is 3.77. The fraction of sp³-hybridized carbons (Fsp3) is 0.250. The standard InChI is InChI=1S/C16H17N5O3/c1-20(15(22)14-18-16(23)21(2)19-14)9-10-6-7-12(24-3)13-11(10)5-4-8-17-13/h4-8H,9H2,1-3H3,(H,18,19,23). The topological polar surface area (TPSA) is 93.1 Å². The normalized spacial score (nSPS) is 10.8. The van der Waals surface area contributed by atoms with Gasteiger partial charge in [-0.15, -0.1) is 5.10 Å². The van der Waals surface area contributed by atoms with Crippen molar-refractivity contribution in [3.63, 3.8) is 0 Å². The molecule has 0 unspecified atom stereocenters. The molecule has 8 heteroatoms. The van der Waals surface area contributed by atoms with Gasteiger partial charge in [-0.25, -0.2) is 9.48 Å². The molecule has 0 aliphatic rings. The van der Waals surface area contributed by atoms with Crippen LogP contribution < -0.4 is 10.4 Å². The number of ether oxygens (including phenoxy) is 1. The van der Waals surface area contributed by atoms with Crippen molar-refractivity contribution in [1.29, 1.82) is 0 Å². The minimum atomic E-state index is -0.425. The summed E-state index contributed by atoms with van der Waals surface area (Å²) in [4.78, 5) is 32.1. The first-order chi connectivity index (χ1) is 11.5. The highest BCUT2D eigenvalue weighted by Gasteiger charge is 2.18. The number of H-pyrrole nitrogens is 1. The lowest BCUT2D eigenvalue weighted by Crippen LogP contribution is -2.27. The Bertz CT molecular complexity index is 960. The predicted molar refractivity (Wildman–Crippen MR) is 87.9 cm³/mol. The summed E-state index contributed by atoms with van der Waals surface area (Å²) in [5.74, 6) is 0.332. The lowest BCUT2D eigenvalue weighted by atomic mass is 10.1. The Morgan fingerprint density at radius 3 is 2.83 bits per heavy atom. The first kappa shape index (κ1) is 15.7. The van der Waals surface area contributed by atoms with Crippen molar-refractivity contribution < 1.29 is 9.53 Å². The van der Waals surface area contributed by atoms with Crippen LogP contribution in [0, 0.1) is 0 Å². The van der Waals surface area contributed by atoms with Crippen LogP contribution in [0.3, 0.4) is 0 Å². The SMILES string of the molecule is COc1ccc(CN(C)C(=O)c2nn(C)c(=O)[nH]2)c2cccnc12. The Labute approximate surface area is 137 Å². The van der Waals surface area contributed by atoms with Gasteiger partial charge in [-0.2, -0.15) is 0 Å².